The molecule has 0 saturated carbocycles. The fraction of sp³-hybridized carbons (Fsp3) is 0. The van der Waals surface area contributed by atoms with Crippen LogP contribution in [0.1, 0.15) is 10.6 Å². The lowest BCUT2D eigenvalue weighted by molar-refractivity contribution is 0.0652. The van der Waals surface area contributed by atoms with Gasteiger partial charge in [0.2, 0.25) is 5.76 Å². The molecular formula is C12H7N3O4. The molecule has 0 aliphatic heterocycles. The highest BCUT2D eigenvalue weighted by atomic mass is 16.5. The first-order valence-corrected chi connectivity index (χ1v) is 5.33. The standard InChI is InChI=1S/C12H7N3O4/c16-11-5-13-9-3-6(1-2-7(9)14-11)8-4-10(12(17)18)19-15-8/h1-5H,(H,14,16)(H,17,18). The van der Waals surface area contributed by atoms with Gasteiger partial charge in [-0.25, -0.2) is 9.78 Å². The molecule has 0 atom stereocenters. The number of aromatic amines is 1. The Balaban J connectivity index is 2.11. The smallest absolute Gasteiger partial charge is 0.374 e. The average molecular weight is 257 g/mol. The molecule has 0 aliphatic carbocycles. The minimum absolute atomic E-state index is 0.232. The van der Waals surface area contributed by atoms with Crippen LogP contribution in [-0.4, -0.2) is 26.2 Å². The van der Waals surface area contributed by atoms with Gasteiger partial charge in [-0.2, -0.15) is 0 Å². The number of H-pyrrole nitrogens is 1. The van der Waals surface area contributed by atoms with E-state index in [0.717, 1.165) is 0 Å². The summed E-state index contributed by atoms with van der Waals surface area (Å²) < 4.78 is 4.68. The Morgan fingerprint density at radius 2 is 2.16 bits per heavy atom. The van der Waals surface area contributed by atoms with Gasteiger partial charge in [0.1, 0.15) is 5.69 Å². The van der Waals surface area contributed by atoms with Gasteiger partial charge in [0.15, 0.2) is 0 Å². The van der Waals surface area contributed by atoms with Crippen LogP contribution in [0.15, 0.2) is 39.8 Å². The Morgan fingerprint density at radius 1 is 1.32 bits per heavy atom. The SMILES string of the molecule is O=C(O)c1cc(-c2ccc3[nH]c(=O)cnc3c2)no1. The zero-order valence-electron chi connectivity index (χ0n) is 9.45. The van der Waals surface area contributed by atoms with Crippen molar-refractivity contribution in [2.24, 2.45) is 0 Å². The molecule has 2 aromatic heterocycles. The van der Waals surface area contributed by atoms with Gasteiger partial charge in [0.05, 0.1) is 17.2 Å². The summed E-state index contributed by atoms with van der Waals surface area (Å²) in [5.74, 6) is -1.41. The number of fused-ring (bicyclic) bond motifs is 1. The highest BCUT2D eigenvalue weighted by Crippen LogP contribution is 2.21. The Kier molecular flexibility index (Phi) is 2.38. The lowest BCUT2D eigenvalue weighted by Crippen LogP contribution is -2.04. The molecule has 0 spiro atoms. The second-order valence-electron chi connectivity index (χ2n) is 3.86. The summed E-state index contributed by atoms with van der Waals surface area (Å²) in [5, 5.41) is 12.4. The number of hydrogen-bond donors (Lipinski definition) is 2. The summed E-state index contributed by atoms with van der Waals surface area (Å²) in [7, 11) is 0. The van der Waals surface area contributed by atoms with E-state index < -0.39 is 5.97 Å². The topological polar surface area (TPSA) is 109 Å². The van der Waals surface area contributed by atoms with Crippen LogP contribution in [0.25, 0.3) is 22.3 Å². The molecule has 0 aliphatic rings. The molecule has 2 N–H and O–H groups in total. The Bertz CT molecular complexity index is 834. The zero-order chi connectivity index (χ0) is 13.4. The summed E-state index contributed by atoms with van der Waals surface area (Å²) in [6.45, 7) is 0. The predicted octanol–water partition coefficient (Wildman–Crippen LogP) is 1.28. The molecule has 0 bridgehead atoms. The van der Waals surface area contributed by atoms with Gasteiger partial charge in [-0.3, -0.25) is 4.79 Å². The van der Waals surface area contributed by atoms with Crippen molar-refractivity contribution in [2.75, 3.05) is 0 Å². The maximum Gasteiger partial charge on any atom is 0.374 e. The lowest BCUT2D eigenvalue weighted by Gasteiger charge is -1.98. The van der Waals surface area contributed by atoms with E-state index in [1.165, 1.54) is 12.3 Å². The van der Waals surface area contributed by atoms with Crippen molar-refractivity contribution >= 4 is 17.0 Å². The van der Waals surface area contributed by atoms with Gasteiger partial charge in [0.25, 0.3) is 5.56 Å². The number of carbonyl (C=O) groups is 1. The first-order valence-electron chi connectivity index (χ1n) is 5.33. The third-order valence-electron chi connectivity index (χ3n) is 2.59. The monoisotopic (exact) mass is 257 g/mol. The Morgan fingerprint density at radius 3 is 2.89 bits per heavy atom. The molecule has 0 amide bonds. The summed E-state index contributed by atoms with van der Waals surface area (Å²) in [6.07, 6.45) is 1.18. The number of carboxylic acids is 1. The van der Waals surface area contributed by atoms with E-state index in [0.29, 0.717) is 22.3 Å². The largest absolute Gasteiger partial charge is 0.475 e. The van der Waals surface area contributed by atoms with Crippen molar-refractivity contribution in [1.82, 2.24) is 15.1 Å². The van der Waals surface area contributed by atoms with Crippen molar-refractivity contribution in [3.05, 3.63) is 46.6 Å². The highest BCUT2D eigenvalue weighted by molar-refractivity contribution is 5.86. The molecule has 7 heteroatoms. The van der Waals surface area contributed by atoms with Gasteiger partial charge in [-0.15, -0.1) is 0 Å². The van der Waals surface area contributed by atoms with Crippen molar-refractivity contribution < 1.29 is 14.4 Å². The first kappa shape index (κ1) is 11.1. The number of nitrogens with zero attached hydrogens (tertiary/aromatic N) is 2. The minimum atomic E-state index is -1.18. The van der Waals surface area contributed by atoms with Crippen LogP contribution in [0.3, 0.4) is 0 Å². The van der Waals surface area contributed by atoms with Crippen molar-refractivity contribution in [3.8, 4) is 11.3 Å². The lowest BCUT2D eigenvalue weighted by atomic mass is 10.1. The van der Waals surface area contributed by atoms with E-state index >= 15 is 0 Å². The third-order valence-corrected chi connectivity index (χ3v) is 2.59. The molecule has 2 heterocycles. The second kappa shape index (κ2) is 4.05. The Hall–Kier alpha value is -2.96. The van der Waals surface area contributed by atoms with E-state index in [4.69, 9.17) is 5.11 Å². The number of aromatic nitrogens is 3. The van der Waals surface area contributed by atoms with E-state index in [1.807, 2.05) is 0 Å². The van der Waals surface area contributed by atoms with Crippen LogP contribution in [-0.2, 0) is 0 Å². The van der Waals surface area contributed by atoms with Crippen LogP contribution >= 0.6 is 0 Å². The van der Waals surface area contributed by atoms with Gasteiger partial charge in [-0.05, 0) is 12.1 Å². The molecule has 94 valence electrons. The van der Waals surface area contributed by atoms with E-state index in [9.17, 15) is 9.59 Å². The van der Waals surface area contributed by atoms with Crippen LogP contribution < -0.4 is 5.56 Å². The molecular weight excluding hydrogens is 250 g/mol. The molecule has 0 unspecified atom stereocenters. The van der Waals surface area contributed by atoms with Gasteiger partial charge >= 0.3 is 5.97 Å². The number of hydrogen-bond acceptors (Lipinski definition) is 5. The molecule has 3 aromatic rings. The molecule has 3 rings (SSSR count). The number of rotatable bonds is 2. The van der Waals surface area contributed by atoms with Crippen molar-refractivity contribution in [3.63, 3.8) is 0 Å². The van der Waals surface area contributed by atoms with Crippen LogP contribution in [0.4, 0.5) is 0 Å². The maximum absolute atomic E-state index is 11.1. The summed E-state index contributed by atoms with van der Waals surface area (Å²) in [5.41, 5.74) is 1.95. The van der Waals surface area contributed by atoms with Crippen LogP contribution in [0.5, 0.6) is 0 Å². The number of benzene rings is 1. The van der Waals surface area contributed by atoms with Gasteiger partial charge in [0, 0.05) is 11.6 Å². The molecule has 0 radical (unpaired) electrons. The quantitative estimate of drug-likeness (QED) is 0.715. The number of aromatic carboxylic acids is 1. The summed E-state index contributed by atoms with van der Waals surface area (Å²) in [4.78, 5) is 28.4. The normalized spacial score (nSPS) is 10.7. The number of nitrogens with one attached hydrogen (secondary N) is 1. The summed E-state index contributed by atoms with van der Waals surface area (Å²) in [6, 6.07) is 6.39. The molecule has 0 saturated heterocycles. The predicted molar refractivity (Wildman–Crippen MR) is 64.8 cm³/mol. The minimum Gasteiger partial charge on any atom is -0.475 e. The molecule has 7 nitrogen and oxygen atoms in total. The average Bonchev–Trinajstić information content (AvgIpc) is 2.88. The van der Waals surface area contributed by atoms with Crippen molar-refractivity contribution in [2.45, 2.75) is 0 Å². The van der Waals surface area contributed by atoms with E-state index in [1.54, 1.807) is 18.2 Å². The van der Waals surface area contributed by atoms with Gasteiger partial charge in [-0.1, -0.05) is 11.2 Å². The highest BCUT2D eigenvalue weighted by Gasteiger charge is 2.12. The first-order chi connectivity index (χ1) is 9.13. The number of carboxylic acid groups (broad SMARTS) is 1. The van der Waals surface area contributed by atoms with Crippen molar-refractivity contribution in [1.29, 1.82) is 0 Å². The maximum atomic E-state index is 11.1. The molecule has 1 aromatic carbocycles. The van der Waals surface area contributed by atoms with Gasteiger partial charge < -0.3 is 14.6 Å². The van der Waals surface area contributed by atoms with E-state index in [2.05, 4.69) is 19.6 Å². The summed E-state index contributed by atoms with van der Waals surface area (Å²) >= 11 is 0. The third kappa shape index (κ3) is 1.97. The second-order valence-corrected chi connectivity index (χ2v) is 3.86. The fourth-order valence-electron chi connectivity index (χ4n) is 1.71. The van der Waals surface area contributed by atoms with E-state index in [-0.39, 0.29) is 11.3 Å². The molecule has 0 fully saturated rings. The Labute approximate surface area is 105 Å². The fourth-order valence-corrected chi connectivity index (χ4v) is 1.71. The van der Waals surface area contributed by atoms with Crippen LogP contribution in [0, 0.1) is 0 Å². The zero-order valence-corrected chi connectivity index (χ0v) is 9.45. The molecule has 19 heavy (non-hydrogen) atoms. The van der Waals surface area contributed by atoms with Crippen LogP contribution in [0.2, 0.25) is 0 Å².